The van der Waals surface area contributed by atoms with Crippen molar-refractivity contribution in [2.24, 2.45) is 0 Å². The molecule has 1 heteroatoms. The van der Waals surface area contributed by atoms with Gasteiger partial charge >= 0.3 is 0 Å². The third-order valence-electron chi connectivity index (χ3n) is 6.32. The van der Waals surface area contributed by atoms with Gasteiger partial charge in [-0.3, -0.25) is 0 Å². The standard InChI is InChI=1S/C25H51N/c1-2-3-4-5-6-7-8-9-10-11-12-13-14-15-18-21-24-26-25-22-19-16-17-20-23-25/h25-26H,2-24H2,1H3. The topological polar surface area (TPSA) is 12.0 Å². The SMILES string of the molecule is CCCCCCCCCCCCCCCCCCNC1CCCCCC1. The van der Waals surface area contributed by atoms with Gasteiger partial charge in [-0.2, -0.15) is 0 Å². The van der Waals surface area contributed by atoms with Crippen molar-refractivity contribution in [2.75, 3.05) is 6.54 Å². The molecule has 0 saturated heterocycles. The zero-order chi connectivity index (χ0) is 18.5. The molecule has 0 unspecified atom stereocenters. The molecule has 0 atom stereocenters. The molecule has 0 aliphatic heterocycles. The van der Waals surface area contributed by atoms with Gasteiger partial charge in [-0.25, -0.2) is 0 Å². The lowest BCUT2D eigenvalue weighted by atomic mass is 10.0. The summed E-state index contributed by atoms with van der Waals surface area (Å²) in [5.74, 6) is 0. The molecule has 26 heavy (non-hydrogen) atoms. The van der Waals surface area contributed by atoms with E-state index < -0.39 is 0 Å². The molecule has 0 radical (unpaired) electrons. The largest absolute Gasteiger partial charge is 0.314 e. The Morgan fingerprint density at radius 1 is 0.500 bits per heavy atom. The Bertz CT molecular complexity index is 255. The fourth-order valence-electron chi connectivity index (χ4n) is 4.46. The first-order chi connectivity index (χ1) is 12.9. The molecule has 0 bridgehead atoms. The average molecular weight is 366 g/mol. The highest BCUT2D eigenvalue weighted by molar-refractivity contribution is 4.70. The molecule has 0 heterocycles. The van der Waals surface area contributed by atoms with Crippen LogP contribution in [0, 0.1) is 0 Å². The summed E-state index contributed by atoms with van der Waals surface area (Å²) in [5, 5.41) is 3.81. The van der Waals surface area contributed by atoms with E-state index in [1.54, 1.807) is 0 Å². The van der Waals surface area contributed by atoms with Crippen molar-refractivity contribution in [1.82, 2.24) is 5.32 Å². The highest BCUT2D eigenvalue weighted by atomic mass is 14.9. The van der Waals surface area contributed by atoms with E-state index in [4.69, 9.17) is 0 Å². The van der Waals surface area contributed by atoms with E-state index >= 15 is 0 Å². The van der Waals surface area contributed by atoms with Crippen molar-refractivity contribution >= 4 is 0 Å². The minimum absolute atomic E-state index is 0.842. The van der Waals surface area contributed by atoms with Crippen LogP contribution in [0.3, 0.4) is 0 Å². The van der Waals surface area contributed by atoms with Crippen LogP contribution in [0.5, 0.6) is 0 Å². The molecule has 1 N–H and O–H groups in total. The number of hydrogen-bond acceptors (Lipinski definition) is 1. The summed E-state index contributed by atoms with van der Waals surface area (Å²) in [7, 11) is 0. The predicted octanol–water partition coefficient (Wildman–Crippen LogP) is 8.56. The Hall–Kier alpha value is -0.0400. The monoisotopic (exact) mass is 365 g/mol. The Morgan fingerprint density at radius 2 is 0.885 bits per heavy atom. The summed E-state index contributed by atoms with van der Waals surface area (Å²) in [6.07, 6.45) is 32.1. The summed E-state index contributed by atoms with van der Waals surface area (Å²) in [6, 6.07) is 0.842. The van der Waals surface area contributed by atoms with Crippen LogP contribution in [-0.4, -0.2) is 12.6 Å². The zero-order valence-electron chi connectivity index (χ0n) is 18.3. The van der Waals surface area contributed by atoms with Crippen LogP contribution in [0.2, 0.25) is 0 Å². The molecule has 0 spiro atoms. The molecular weight excluding hydrogens is 314 g/mol. The molecule has 1 fully saturated rings. The van der Waals surface area contributed by atoms with E-state index in [-0.39, 0.29) is 0 Å². The van der Waals surface area contributed by atoms with E-state index in [0.29, 0.717) is 0 Å². The van der Waals surface area contributed by atoms with Crippen LogP contribution in [-0.2, 0) is 0 Å². The molecule has 0 amide bonds. The number of nitrogens with one attached hydrogen (secondary N) is 1. The second kappa shape index (κ2) is 19.7. The van der Waals surface area contributed by atoms with E-state index in [2.05, 4.69) is 12.2 Å². The molecule has 0 aromatic carbocycles. The van der Waals surface area contributed by atoms with Crippen LogP contribution in [0.1, 0.15) is 148 Å². The maximum absolute atomic E-state index is 3.81. The van der Waals surface area contributed by atoms with Crippen LogP contribution in [0.25, 0.3) is 0 Å². The Morgan fingerprint density at radius 3 is 1.31 bits per heavy atom. The molecule has 1 rings (SSSR count). The van der Waals surface area contributed by atoms with Crippen LogP contribution >= 0.6 is 0 Å². The summed E-state index contributed by atoms with van der Waals surface area (Å²) < 4.78 is 0. The highest BCUT2D eigenvalue weighted by Crippen LogP contribution is 2.17. The van der Waals surface area contributed by atoms with Gasteiger partial charge in [0.05, 0.1) is 0 Å². The van der Waals surface area contributed by atoms with Crippen molar-refractivity contribution < 1.29 is 0 Å². The Labute approximate surface area is 166 Å². The summed E-state index contributed by atoms with van der Waals surface area (Å²) in [6.45, 7) is 3.57. The van der Waals surface area contributed by atoms with Gasteiger partial charge in [0.15, 0.2) is 0 Å². The molecule has 1 aliphatic rings. The normalized spacial score (nSPS) is 16.0. The second-order valence-corrected chi connectivity index (χ2v) is 8.95. The van der Waals surface area contributed by atoms with Gasteiger partial charge in [0.25, 0.3) is 0 Å². The highest BCUT2D eigenvalue weighted by Gasteiger charge is 2.10. The fraction of sp³-hybridized carbons (Fsp3) is 1.00. The van der Waals surface area contributed by atoms with Crippen molar-refractivity contribution in [3.8, 4) is 0 Å². The van der Waals surface area contributed by atoms with E-state index in [1.807, 2.05) is 0 Å². The number of rotatable bonds is 18. The molecular formula is C25H51N. The fourth-order valence-corrected chi connectivity index (χ4v) is 4.46. The van der Waals surface area contributed by atoms with Crippen LogP contribution in [0.15, 0.2) is 0 Å². The first kappa shape index (κ1) is 24.0. The van der Waals surface area contributed by atoms with Crippen molar-refractivity contribution in [3.05, 3.63) is 0 Å². The van der Waals surface area contributed by atoms with Gasteiger partial charge in [-0.05, 0) is 25.8 Å². The quantitative estimate of drug-likeness (QED) is 0.189. The van der Waals surface area contributed by atoms with Crippen LogP contribution in [0.4, 0.5) is 0 Å². The first-order valence-corrected chi connectivity index (χ1v) is 12.7. The van der Waals surface area contributed by atoms with Gasteiger partial charge < -0.3 is 5.32 Å². The van der Waals surface area contributed by atoms with Gasteiger partial charge in [-0.1, -0.05) is 129 Å². The Kier molecular flexibility index (Phi) is 18.2. The van der Waals surface area contributed by atoms with Gasteiger partial charge in [-0.15, -0.1) is 0 Å². The van der Waals surface area contributed by atoms with Crippen molar-refractivity contribution in [1.29, 1.82) is 0 Å². The molecule has 0 aromatic heterocycles. The second-order valence-electron chi connectivity index (χ2n) is 8.95. The van der Waals surface area contributed by atoms with E-state index in [1.165, 1.54) is 148 Å². The lowest BCUT2D eigenvalue weighted by molar-refractivity contribution is 0.446. The van der Waals surface area contributed by atoms with E-state index in [9.17, 15) is 0 Å². The first-order valence-electron chi connectivity index (χ1n) is 12.7. The number of hydrogen-bond donors (Lipinski definition) is 1. The minimum Gasteiger partial charge on any atom is -0.314 e. The maximum atomic E-state index is 3.81. The molecule has 1 saturated carbocycles. The van der Waals surface area contributed by atoms with Gasteiger partial charge in [0.2, 0.25) is 0 Å². The zero-order valence-corrected chi connectivity index (χ0v) is 18.3. The summed E-state index contributed by atoms with van der Waals surface area (Å²) >= 11 is 0. The van der Waals surface area contributed by atoms with Crippen molar-refractivity contribution in [3.63, 3.8) is 0 Å². The minimum atomic E-state index is 0.842. The van der Waals surface area contributed by atoms with Crippen molar-refractivity contribution in [2.45, 2.75) is 154 Å². The smallest absolute Gasteiger partial charge is 0.00670 e. The summed E-state index contributed by atoms with van der Waals surface area (Å²) in [5.41, 5.74) is 0. The van der Waals surface area contributed by atoms with Crippen LogP contribution < -0.4 is 5.32 Å². The lowest BCUT2D eigenvalue weighted by Gasteiger charge is -2.15. The lowest BCUT2D eigenvalue weighted by Crippen LogP contribution is -2.29. The third kappa shape index (κ3) is 16.2. The maximum Gasteiger partial charge on any atom is 0.00670 e. The number of unbranched alkanes of at least 4 members (excludes halogenated alkanes) is 15. The third-order valence-corrected chi connectivity index (χ3v) is 6.32. The molecule has 1 nitrogen and oxygen atoms in total. The predicted molar refractivity (Wildman–Crippen MR) is 119 cm³/mol. The summed E-state index contributed by atoms with van der Waals surface area (Å²) in [4.78, 5) is 0. The van der Waals surface area contributed by atoms with Gasteiger partial charge in [0, 0.05) is 6.04 Å². The molecule has 0 aromatic rings. The van der Waals surface area contributed by atoms with Gasteiger partial charge in [0.1, 0.15) is 0 Å². The average Bonchev–Trinajstić information content (AvgIpc) is 2.93. The molecule has 1 aliphatic carbocycles. The van der Waals surface area contributed by atoms with E-state index in [0.717, 1.165) is 6.04 Å². The molecule has 156 valence electrons. The Balaban J connectivity index is 1.68.